The molecule has 258 valence electrons. The average Bonchev–Trinajstić information content (AvgIpc) is 3.67. The number of hydrogen-bond donors (Lipinski definition) is 0. The summed E-state index contributed by atoms with van der Waals surface area (Å²) in [5, 5.41) is 2.65. The zero-order chi connectivity index (χ0) is 36.0. The Morgan fingerprint density at radius 2 is 1.07 bits per heavy atom. The lowest BCUT2D eigenvalue weighted by Gasteiger charge is -2.47. The Morgan fingerprint density at radius 1 is 0.500 bits per heavy atom. The molecule has 0 bridgehead atoms. The molecule has 0 fully saturated rings. The van der Waals surface area contributed by atoms with Gasteiger partial charge in [-0.2, -0.15) is 0 Å². The van der Waals surface area contributed by atoms with Gasteiger partial charge in [0.05, 0.1) is 28.3 Å². The number of anilines is 2. The first kappa shape index (κ1) is 31.2. The van der Waals surface area contributed by atoms with Crippen LogP contribution >= 0.6 is 0 Å². The van der Waals surface area contributed by atoms with E-state index in [9.17, 15) is 0 Å². The van der Waals surface area contributed by atoms with E-state index in [4.69, 9.17) is 0 Å². The molecule has 0 N–H and O–H groups in total. The summed E-state index contributed by atoms with van der Waals surface area (Å²) in [6.07, 6.45) is 8.16. The van der Waals surface area contributed by atoms with Crippen LogP contribution in [0.1, 0.15) is 59.7 Å². The molecule has 54 heavy (non-hydrogen) atoms. The quantitative estimate of drug-likeness (QED) is 0.178. The highest BCUT2D eigenvalue weighted by atomic mass is 15.2. The minimum atomic E-state index is -0.468. The molecule has 2 aliphatic carbocycles. The number of rotatable bonds is 4. The van der Waals surface area contributed by atoms with Crippen molar-refractivity contribution in [1.29, 1.82) is 0 Å². The molecule has 1 aromatic heterocycles. The Kier molecular flexibility index (Phi) is 6.67. The molecule has 2 heterocycles. The topological polar surface area (TPSA) is 8.17 Å². The molecule has 0 radical (unpaired) electrons. The summed E-state index contributed by atoms with van der Waals surface area (Å²) in [6.45, 7) is 4.76. The van der Waals surface area contributed by atoms with Gasteiger partial charge < -0.3 is 9.47 Å². The maximum absolute atomic E-state index is 2.60. The predicted octanol–water partition coefficient (Wildman–Crippen LogP) is 13.0. The second-order valence-corrected chi connectivity index (χ2v) is 15.6. The molecule has 3 aliphatic rings. The summed E-state index contributed by atoms with van der Waals surface area (Å²) in [5.74, 6) is 0. The van der Waals surface area contributed by atoms with Crippen molar-refractivity contribution in [3.05, 3.63) is 227 Å². The number of fused-ring (bicyclic) bond motifs is 8. The van der Waals surface area contributed by atoms with Gasteiger partial charge in [0.15, 0.2) is 0 Å². The average molecular weight is 693 g/mol. The molecule has 11 rings (SSSR count). The predicted molar refractivity (Wildman–Crippen MR) is 225 cm³/mol. The molecule has 1 aliphatic heterocycles. The Labute approximate surface area is 317 Å². The van der Waals surface area contributed by atoms with Crippen molar-refractivity contribution in [2.24, 2.45) is 0 Å². The van der Waals surface area contributed by atoms with Crippen LogP contribution in [0, 0.1) is 0 Å². The fraction of sp³-hybridized carbons (Fsp3) is 0.115. The molecule has 1 unspecified atom stereocenters. The second kappa shape index (κ2) is 11.6. The van der Waals surface area contributed by atoms with Crippen LogP contribution in [0.3, 0.4) is 0 Å². The van der Waals surface area contributed by atoms with E-state index in [1.807, 2.05) is 0 Å². The number of nitrogens with zero attached hydrogens (tertiary/aromatic N) is 2. The third-order valence-corrected chi connectivity index (χ3v) is 12.6. The fourth-order valence-corrected chi connectivity index (χ4v) is 10.2. The fourth-order valence-electron chi connectivity index (χ4n) is 10.2. The third-order valence-electron chi connectivity index (χ3n) is 12.6. The minimum Gasteiger partial charge on any atom is -0.333 e. The molecule has 8 aromatic rings. The van der Waals surface area contributed by atoms with E-state index in [0.29, 0.717) is 0 Å². The van der Waals surface area contributed by atoms with Crippen molar-refractivity contribution in [2.75, 3.05) is 4.90 Å². The van der Waals surface area contributed by atoms with Crippen LogP contribution in [0.2, 0.25) is 0 Å². The van der Waals surface area contributed by atoms with E-state index >= 15 is 0 Å². The lowest BCUT2D eigenvalue weighted by atomic mass is 9.62. The van der Waals surface area contributed by atoms with Gasteiger partial charge in [-0.1, -0.05) is 166 Å². The smallest absolute Gasteiger partial charge is 0.0742 e. The second-order valence-electron chi connectivity index (χ2n) is 15.6. The lowest BCUT2D eigenvalue weighted by molar-refractivity contribution is 0.638. The van der Waals surface area contributed by atoms with Crippen molar-refractivity contribution >= 4 is 33.2 Å². The monoisotopic (exact) mass is 692 g/mol. The molecule has 0 amide bonds. The maximum Gasteiger partial charge on any atom is 0.0742 e. The number of para-hydroxylation sites is 3. The molecule has 1 atom stereocenters. The first-order valence-corrected chi connectivity index (χ1v) is 19.2. The maximum atomic E-state index is 2.60. The summed E-state index contributed by atoms with van der Waals surface area (Å²) in [4.78, 5) is 2.50. The van der Waals surface area contributed by atoms with E-state index < -0.39 is 5.41 Å². The standard InChI is InChI=1S/C52H40N2/c1-51(2)43-23-11-9-21-39(43)41-33-42-40-22-10-14-26-47(40)53(50(42)34-46(41)51)37-29-31-38(32-30-37)54-48-27-15-12-24-44(48)52(35-17-5-3-6-18-35,36-19-7-4-8-20-36)45-25-13-16-28-49(45)54/h3-29,31-34,37H,30H2,1-2H3. The van der Waals surface area contributed by atoms with Crippen LogP contribution in [-0.4, -0.2) is 4.57 Å². The Hall–Kier alpha value is -6.38. The SMILES string of the molecule is CC1(C)c2ccccc2-c2cc3c4ccccc4n(C4C=CC(N5c6ccccc6C(c6ccccc6)(c6ccccc6)c6ccccc65)=CC4)c3cc21. The normalized spacial score (nSPS) is 17.5. The summed E-state index contributed by atoms with van der Waals surface area (Å²) >= 11 is 0. The van der Waals surface area contributed by atoms with E-state index in [0.717, 1.165) is 6.42 Å². The Morgan fingerprint density at radius 3 is 1.72 bits per heavy atom. The number of benzene rings is 7. The van der Waals surface area contributed by atoms with Gasteiger partial charge in [0, 0.05) is 27.4 Å². The highest BCUT2D eigenvalue weighted by Gasteiger charge is 2.46. The minimum absolute atomic E-state index is 0.0549. The van der Waals surface area contributed by atoms with E-state index in [1.54, 1.807) is 0 Å². The molecule has 0 spiro atoms. The molecule has 2 nitrogen and oxygen atoms in total. The Balaban J connectivity index is 1.06. The van der Waals surface area contributed by atoms with Crippen molar-refractivity contribution < 1.29 is 0 Å². The van der Waals surface area contributed by atoms with E-state index in [1.165, 1.54) is 83.4 Å². The van der Waals surface area contributed by atoms with Crippen LogP contribution < -0.4 is 4.90 Å². The highest BCUT2D eigenvalue weighted by Crippen LogP contribution is 2.57. The lowest BCUT2D eigenvalue weighted by Crippen LogP contribution is -2.38. The van der Waals surface area contributed by atoms with Gasteiger partial charge in [-0.05, 0) is 87.3 Å². The van der Waals surface area contributed by atoms with Gasteiger partial charge in [-0.15, -0.1) is 0 Å². The molecular weight excluding hydrogens is 653 g/mol. The summed E-state index contributed by atoms with van der Waals surface area (Å²) in [7, 11) is 0. The largest absolute Gasteiger partial charge is 0.333 e. The van der Waals surface area contributed by atoms with Gasteiger partial charge in [-0.25, -0.2) is 0 Å². The van der Waals surface area contributed by atoms with Gasteiger partial charge in [0.2, 0.25) is 0 Å². The molecular formula is C52H40N2. The van der Waals surface area contributed by atoms with Crippen LogP contribution in [0.5, 0.6) is 0 Å². The van der Waals surface area contributed by atoms with Crippen molar-refractivity contribution in [2.45, 2.75) is 37.1 Å². The summed E-state index contributed by atoms with van der Waals surface area (Å²) < 4.78 is 2.60. The molecule has 0 saturated carbocycles. The van der Waals surface area contributed by atoms with Gasteiger partial charge >= 0.3 is 0 Å². The number of allylic oxidation sites excluding steroid dienone is 3. The van der Waals surface area contributed by atoms with Crippen molar-refractivity contribution in [3.8, 4) is 11.1 Å². The number of hydrogen-bond acceptors (Lipinski definition) is 1. The summed E-state index contributed by atoms with van der Waals surface area (Å²) in [6, 6.07) is 63.3. The van der Waals surface area contributed by atoms with Crippen LogP contribution in [0.25, 0.3) is 32.9 Å². The number of aromatic nitrogens is 1. The van der Waals surface area contributed by atoms with Gasteiger partial charge in [0.25, 0.3) is 0 Å². The van der Waals surface area contributed by atoms with Gasteiger partial charge in [-0.3, -0.25) is 0 Å². The summed E-state index contributed by atoms with van der Waals surface area (Å²) in [5.41, 5.74) is 16.4. The van der Waals surface area contributed by atoms with Crippen LogP contribution in [-0.2, 0) is 10.8 Å². The van der Waals surface area contributed by atoms with Crippen molar-refractivity contribution in [1.82, 2.24) is 4.57 Å². The molecule has 0 saturated heterocycles. The van der Waals surface area contributed by atoms with Crippen LogP contribution in [0.15, 0.2) is 194 Å². The van der Waals surface area contributed by atoms with Crippen LogP contribution in [0.4, 0.5) is 11.4 Å². The van der Waals surface area contributed by atoms with E-state index in [-0.39, 0.29) is 11.5 Å². The molecule has 7 aromatic carbocycles. The highest BCUT2D eigenvalue weighted by molar-refractivity contribution is 6.10. The molecule has 2 heteroatoms. The first-order valence-electron chi connectivity index (χ1n) is 19.2. The third kappa shape index (κ3) is 4.17. The van der Waals surface area contributed by atoms with Crippen molar-refractivity contribution in [3.63, 3.8) is 0 Å². The Bertz CT molecular complexity index is 2750. The van der Waals surface area contributed by atoms with E-state index in [2.05, 4.69) is 211 Å². The first-order chi connectivity index (χ1) is 26.6. The zero-order valence-corrected chi connectivity index (χ0v) is 30.6. The van der Waals surface area contributed by atoms with Gasteiger partial charge in [0.1, 0.15) is 0 Å². The zero-order valence-electron chi connectivity index (χ0n) is 30.6.